The van der Waals surface area contributed by atoms with E-state index >= 15 is 0 Å². The molecule has 1 N–H and O–H groups in total. The van der Waals surface area contributed by atoms with Crippen LogP contribution in [0.25, 0.3) is 10.9 Å². The van der Waals surface area contributed by atoms with Gasteiger partial charge in [0.05, 0.1) is 17.5 Å². The summed E-state index contributed by atoms with van der Waals surface area (Å²) in [7, 11) is 0. The molecule has 144 valence electrons. The lowest BCUT2D eigenvalue weighted by molar-refractivity contribution is 0.102. The highest BCUT2D eigenvalue weighted by atomic mass is 16.5. The first kappa shape index (κ1) is 18.2. The van der Waals surface area contributed by atoms with E-state index in [1.54, 1.807) is 47.0 Å². The molecular formula is C22H23N3O3. The lowest BCUT2D eigenvalue weighted by Crippen LogP contribution is -2.24. The van der Waals surface area contributed by atoms with Gasteiger partial charge in [-0.3, -0.25) is 14.2 Å². The van der Waals surface area contributed by atoms with Crippen molar-refractivity contribution in [1.82, 2.24) is 9.55 Å². The zero-order valence-corrected chi connectivity index (χ0v) is 15.9. The smallest absolute Gasteiger partial charge is 0.261 e. The predicted octanol–water partition coefficient (Wildman–Crippen LogP) is 3.77. The Balaban J connectivity index is 1.61. The minimum atomic E-state index is -0.231. The molecule has 3 aromatic rings. The molecule has 0 saturated heterocycles. The minimum Gasteiger partial charge on any atom is -0.494 e. The Morgan fingerprint density at radius 3 is 2.75 bits per heavy atom. The first-order valence-electron chi connectivity index (χ1n) is 9.73. The molecule has 1 amide bonds. The topological polar surface area (TPSA) is 73.2 Å². The minimum absolute atomic E-state index is 0.0286. The van der Waals surface area contributed by atoms with Crippen LogP contribution in [-0.2, 0) is 13.0 Å². The molecule has 0 aliphatic carbocycles. The summed E-state index contributed by atoms with van der Waals surface area (Å²) in [6, 6.07) is 12.3. The van der Waals surface area contributed by atoms with Crippen molar-refractivity contribution >= 4 is 22.5 Å². The van der Waals surface area contributed by atoms with Crippen LogP contribution in [0, 0.1) is 0 Å². The molecule has 0 unspecified atom stereocenters. The first-order valence-corrected chi connectivity index (χ1v) is 9.73. The quantitative estimate of drug-likeness (QED) is 0.751. The molecule has 2 aromatic carbocycles. The van der Waals surface area contributed by atoms with Gasteiger partial charge in [-0.1, -0.05) is 6.42 Å². The summed E-state index contributed by atoms with van der Waals surface area (Å²) in [6.07, 6.45) is 4.01. The fourth-order valence-electron chi connectivity index (χ4n) is 3.57. The lowest BCUT2D eigenvalue weighted by Gasteiger charge is -2.11. The fraction of sp³-hybridized carbons (Fsp3) is 0.318. The molecule has 0 radical (unpaired) electrons. The molecule has 0 saturated carbocycles. The molecule has 0 fully saturated rings. The number of rotatable bonds is 4. The van der Waals surface area contributed by atoms with Gasteiger partial charge in [0.25, 0.3) is 11.5 Å². The van der Waals surface area contributed by atoms with Gasteiger partial charge < -0.3 is 10.1 Å². The monoisotopic (exact) mass is 377 g/mol. The van der Waals surface area contributed by atoms with Crippen molar-refractivity contribution in [1.29, 1.82) is 0 Å². The molecule has 2 heterocycles. The van der Waals surface area contributed by atoms with Gasteiger partial charge >= 0.3 is 0 Å². The van der Waals surface area contributed by atoms with Crippen LogP contribution in [0.1, 0.15) is 42.4 Å². The molecule has 0 spiro atoms. The SMILES string of the molecule is CCOc1ccc(C(=O)Nc2ccc3nc4n(c(=O)c3c2)CCCCC4)cc1. The van der Waals surface area contributed by atoms with E-state index in [2.05, 4.69) is 10.3 Å². The Bertz CT molecular complexity index is 1070. The Morgan fingerprint density at radius 2 is 1.96 bits per heavy atom. The number of benzene rings is 2. The van der Waals surface area contributed by atoms with E-state index in [4.69, 9.17) is 4.74 Å². The van der Waals surface area contributed by atoms with Crippen molar-refractivity contribution in [3.63, 3.8) is 0 Å². The predicted molar refractivity (Wildman–Crippen MR) is 109 cm³/mol. The van der Waals surface area contributed by atoms with E-state index in [9.17, 15) is 9.59 Å². The summed E-state index contributed by atoms with van der Waals surface area (Å²) < 4.78 is 7.18. The van der Waals surface area contributed by atoms with E-state index in [1.807, 2.05) is 6.92 Å². The van der Waals surface area contributed by atoms with E-state index in [0.29, 0.717) is 35.3 Å². The number of carbonyl (C=O) groups is 1. The van der Waals surface area contributed by atoms with Crippen LogP contribution in [0.15, 0.2) is 47.3 Å². The molecule has 6 nitrogen and oxygen atoms in total. The maximum absolute atomic E-state index is 12.9. The average Bonchev–Trinajstić information content (AvgIpc) is 2.95. The summed E-state index contributed by atoms with van der Waals surface area (Å²) in [5.41, 5.74) is 1.76. The molecule has 1 aliphatic rings. The van der Waals surface area contributed by atoms with Crippen molar-refractivity contribution in [2.45, 2.75) is 39.2 Å². The average molecular weight is 377 g/mol. The summed E-state index contributed by atoms with van der Waals surface area (Å²) in [5, 5.41) is 3.40. The largest absolute Gasteiger partial charge is 0.494 e. The highest BCUT2D eigenvalue weighted by Crippen LogP contribution is 2.19. The van der Waals surface area contributed by atoms with Crippen LogP contribution in [-0.4, -0.2) is 22.1 Å². The van der Waals surface area contributed by atoms with Crippen molar-refractivity contribution in [3.05, 3.63) is 64.2 Å². The van der Waals surface area contributed by atoms with Gasteiger partial charge in [0, 0.05) is 24.2 Å². The van der Waals surface area contributed by atoms with Crippen LogP contribution in [0.3, 0.4) is 0 Å². The lowest BCUT2D eigenvalue weighted by atomic mass is 10.1. The number of carbonyl (C=O) groups excluding carboxylic acids is 1. The first-order chi connectivity index (χ1) is 13.7. The molecule has 1 aliphatic heterocycles. The van der Waals surface area contributed by atoms with E-state index in [-0.39, 0.29) is 11.5 Å². The number of nitrogens with one attached hydrogen (secondary N) is 1. The zero-order valence-electron chi connectivity index (χ0n) is 15.9. The van der Waals surface area contributed by atoms with Crippen LogP contribution >= 0.6 is 0 Å². The Kier molecular flexibility index (Phi) is 5.10. The van der Waals surface area contributed by atoms with E-state index in [0.717, 1.165) is 37.3 Å². The summed E-state index contributed by atoms with van der Waals surface area (Å²) in [6.45, 7) is 3.20. The second-order valence-electron chi connectivity index (χ2n) is 6.94. The molecule has 0 bridgehead atoms. The van der Waals surface area contributed by atoms with Crippen LogP contribution in [0.2, 0.25) is 0 Å². The third kappa shape index (κ3) is 3.63. The molecule has 1 aromatic heterocycles. The number of fused-ring (bicyclic) bond motifs is 2. The van der Waals surface area contributed by atoms with E-state index < -0.39 is 0 Å². The van der Waals surface area contributed by atoms with Gasteiger partial charge in [-0.05, 0) is 62.2 Å². The van der Waals surface area contributed by atoms with Gasteiger partial charge in [-0.2, -0.15) is 0 Å². The number of hydrogen-bond acceptors (Lipinski definition) is 4. The molecule has 6 heteroatoms. The molecule has 0 atom stereocenters. The second kappa shape index (κ2) is 7.84. The third-order valence-corrected chi connectivity index (χ3v) is 5.00. The third-order valence-electron chi connectivity index (χ3n) is 5.00. The molecule has 4 rings (SSSR count). The highest BCUT2D eigenvalue weighted by Gasteiger charge is 2.14. The maximum Gasteiger partial charge on any atom is 0.261 e. The number of aromatic nitrogens is 2. The normalized spacial score (nSPS) is 13.6. The van der Waals surface area contributed by atoms with E-state index in [1.165, 1.54) is 0 Å². The number of anilines is 1. The summed E-state index contributed by atoms with van der Waals surface area (Å²) in [4.78, 5) is 30.1. The number of amides is 1. The Labute approximate surface area is 163 Å². The highest BCUT2D eigenvalue weighted by molar-refractivity contribution is 6.05. The molecule has 28 heavy (non-hydrogen) atoms. The van der Waals surface area contributed by atoms with Crippen molar-refractivity contribution in [2.24, 2.45) is 0 Å². The van der Waals surface area contributed by atoms with Crippen LogP contribution in [0.5, 0.6) is 5.75 Å². The number of ether oxygens (including phenoxy) is 1. The summed E-state index contributed by atoms with van der Waals surface area (Å²) in [5.74, 6) is 1.36. The summed E-state index contributed by atoms with van der Waals surface area (Å²) >= 11 is 0. The van der Waals surface area contributed by atoms with Gasteiger partial charge in [0.2, 0.25) is 0 Å². The number of nitrogens with zero attached hydrogens (tertiary/aromatic N) is 2. The van der Waals surface area contributed by atoms with Crippen LogP contribution < -0.4 is 15.6 Å². The molecular weight excluding hydrogens is 354 g/mol. The van der Waals surface area contributed by atoms with Crippen LogP contribution in [0.4, 0.5) is 5.69 Å². The zero-order chi connectivity index (χ0) is 19.5. The second-order valence-corrected chi connectivity index (χ2v) is 6.94. The van der Waals surface area contributed by atoms with Crippen molar-refractivity contribution < 1.29 is 9.53 Å². The Morgan fingerprint density at radius 1 is 1.14 bits per heavy atom. The number of hydrogen-bond donors (Lipinski definition) is 1. The van der Waals surface area contributed by atoms with Gasteiger partial charge in [0.15, 0.2) is 0 Å². The number of aryl methyl sites for hydroxylation is 1. The van der Waals surface area contributed by atoms with Gasteiger partial charge in [0.1, 0.15) is 11.6 Å². The fourth-order valence-corrected chi connectivity index (χ4v) is 3.57. The van der Waals surface area contributed by atoms with Crippen molar-refractivity contribution in [2.75, 3.05) is 11.9 Å². The maximum atomic E-state index is 12.9. The van der Waals surface area contributed by atoms with Gasteiger partial charge in [-0.15, -0.1) is 0 Å². The standard InChI is InChI=1S/C22H23N3O3/c1-2-28-17-10-7-15(8-11-17)21(26)23-16-9-12-19-18(14-16)22(27)25-13-5-3-4-6-20(25)24-19/h7-12,14H,2-6,13H2,1H3,(H,23,26). The van der Waals surface area contributed by atoms with Crippen molar-refractivity contribution in [3.8, 4) is 5.75 Å². The Hall–Kier alpha value is -3.15. The van der Waals surface area contributed by atoms with Gasteiger partial charge in [-0.25, -0.2) is 4.98 Å².